The van der Waals surface area contributed by atoms with Gasteiger partial charge in [0.1, 0.15) is 23.9 Å². The Labute approximate surface area is 557 Å². The Morgan fingerprint density at radius 1 is 0.591 bits per heavy atom. The van der Waals surface area contributed by atoms with Crippen LogP contribution in [0.25, 0.3) is 20.9 Å². The molecular weight excluding hydrogens is 1250 g/mol. The summed E-state index contributed by atoms with van der Waals surface area (Å²) < 4.78 is 43.5. The highest BCUT2D eigenvalue weighted by Crippen LogP contribution is 2.38. The zero-order valence-corrected chi connectivity index (χ0v) is 58.1. The second kappa shape index (κ2) is 33.8. The molecule has 4 amide bonds. The first kappa shape index (κ1) is 72.5. The lowest BCUT2D eigenvalue weighted by molar-refractivity contribution is -0.141. The molecule has 508 valence electrons. The minimum absolute atomic E-state index is 0.0894. The zero-order valence-electron chi connectivity index (χ0n) is 55.7. The number of carbonyl (C=O) groups excluding carboxylic acids is 4. The van der Waals surface area contributed by atoms with E-state index in [1.165, 1.54) is 16.1 Å². The van der Waals surface area contributed by atoms with Crippen molar-refractivity contribution in [2.24, 2.45) is 23.7 Å². The summed E-state index contributed by atoms with van der Waals surface area (Å²) in [5.41, 5.74) is 9.71. The number of hydrogen-bond acceptors (Lipinski definition) is 21. The van der Waals surface area contributed by atoms with E-state index in [1.54, 1.807) is 51.1 Å². The van der Waals surface area contributed by atoms with Crippen LogP contribution in [-0.2, 0) is 38.1 Å². The van der Waals surface area contributed by atoms with Gasteiger partial charge in [-0.1, -0.05) is 86.5 Å². The Kier molecular flexibility index (Phi) is 26.4. The molecule has 4 N–H and O–H groups in total. The number of aliphatic hydroxyl groups excluding tert-OH is 2. The van der Waals surface area contributed by atoms with Crippen molar-refractivity contribution in [3.05, 3.63) is 106 Å². The topological polar surface area (TPSA) is 261 Å². The van der Waals surface area contributed by atoms with Gasteiger partial charge >= 0.3 is 0 Å². The standard InChI is InChI=1S/2C33H45N5O6S.CH3FS/c2*1-19(2)29(27-16-28(36-44-27)37-13-11-24(12-14-37)33(42-5)43-6)32(41)38-17-25(39)15-26(38)31(40)35-20(3)22-7-9-23(10-8-22)30-21(4)34-18-45-30;1-3-2/h2*7-10,16,18-20,24-26,29,33,39H,11-15,17H2,1-6H3,(H,35,40);1H3/t20-,25+,26-,29?;20-,25+,26-,29-;/m00./s1. The number of aromatic nitrogens is 4. The summed E-state index contributed by atoms with van der Waals surface area (Å²) in [6.07, 6.45) is 3.25. The molecule has 6 aromatic rings. The van der Waals surface area contributed by atoms with E-state index in [0.29, 0.717) is 35.0 Å². The number of β-amino-alcohol motifs (C(OH)–C–C–N with tert-alkyl or cyclic N) is 2. The first-order valence-corrected chi connectivity index (χ1v) is 34.8. The lowest BCUT2D eigenvalue weighted by Gasteiger charge is -2.34. The summed E-state index contributed by atoms with van der Waals surface area (Å²) in [4.78, 5) is 73.5. The van der Waals surface area contributed by atoms with E-state index in [0.717, 1.165) is 95.3 Å². The van der Waals surface area contributed by atoms with Crippen molar-refractivity contribution in [3.63, 3.8) is 0 Å². The molecule has 8 atom stereocenters. The van der Waals surface area contributed by atoms with Crippen molar-refractivity contribution in [2.75, 3.05) is 83.8 Å². The fraction of sp³-hybridized carbons (Fsp3) is 0.582. The zero-order chi connectivity index (χ0) is 67.2. The average molecular weight is 1350 g/mol. The molecule has 93 heavy (non-hydrogen) atoms. The van der Waals surface area contributed by atoms with Gasteiger partial charge in [0.05, 0.1) is 56.5 Å². The van der Waals surface area contributed by atoms with Crippen LogP contribution in [0.15, 0.2) is 80.7 Å². The van der Waals surface area contributed by atoms with E-state index >= 15 is 0 Å². The molecule has 0 aliphatic carbocycles. The van der Waals surface area contributed by atoms with Crippen molar-refractivity contribution >= 4 is 70.1 Å². The molecule has 0 bridgehead atoms. The summed E-state index contributed by atoms with van der Waals surface area (Å²) in [6, 6.07) is 17.7. The van der Waals surface area contributed by atoms with Gasteiger partial charge in [-0.2, -0.15) is 3.89 Å². The molecule has 4 aliphatic rings. The van der Waals surface area contributed by atoms with Crippen LogP contribution in [0.5, 0.6) is 0 Å². The Bertz CT molecular complexity index is 3110. The molecular formula is C67H93FN10O12S3. The number of methoxy groups -OCH3 is 4. The third-order valence-corrected chi connectivity index (χ3v) is 20.2. The summed E-state index contributed by atoms with van der Waals surface area (Å²) in [7, 11) is 6.63. The monoisotopic (exact) mass is 1340 g/mol. The molecule has 4 aliphatic heterocycles. The maximum absolute atomic E-state index is 14.1. The number of likely N-dealkylation sites (tertiary alicyclic amines) is 2. The van der Waals surface area contributed by atoms with Crippen LogP contribution >= 0.6 is 34.8 Å². The number of carbonyl (C=O) groups is 4. The summed E-state index contributed by atoms with van der Waals surface area (Å²) in [6.45, 7) is 18.9. The third kappa shape index (κ3) is 17.8. The van der Waals surface area contributed by atoms with E-state index in [9.17, 15) is 33.3 Å². The Hall–Kier alpha value is -6.36. The number of nitrogens with one attached hydrogen (secondary N) is 2. The number of piperidine rings is 2. The predicted octanol–water partition coefficient (Wildman–Crippen LogP) is 10.3. The number of thiazole rings is 2. The summed E-state index contributed by atoms with van der Waals surface area (Å²) in [5.74, 6) is 0.311. The molecule has 0 saturated carbocycles. The largest absolute Gasteiger partial charge is 0.391 e. The number of amides is 4. The van der Waals surface area contributed by atoms with E-state index in [1.807, 2.05) is 127 Å². The van der Waals surface area contributed by atoms with Crippen molar-refractivity contribution in [1.82, 2.24) is 40.7 Å². The highest BCUT2D eigenvalue weighted by molar-refractivity contribution is 7.93. The van der Waals surface area contributed by atoms with Gasteiger partial charge in [-0.05, 0) is 87.5 Å². The van der Waals surface area contributed by atoms with Crippen LogP contribution in [-0.4, -0.2) is 175 Å². The molecule has 4 saturated heterocycles. The molecule has 8 heterocycles. The molecule has 4 fully saturated rings. The Balaban J connectivity index is 0.000000229. The number of aliphatic hydroxyl groups is 2. The van der Waals surface area contributed by atoms with Crippen LogP contribution in [0.4, 0.5) is 15.5 Å². The first-order valence-electron chi connectivity index (χ1n) is 31.9. The van der Waals surface area contributed by atoms with Crippen LogP contribution in [0, 0.1) is 37.5 Å². The van der Waals surface area contributed by atoms with Gasteiger partial charge in [-0.3, -0.25) is 19.2 Å². The van der Waals surface area contributed by atoms with E-state index in [-0.39, 0.29) is 98.2 Å². The average Bonchev–Trinajstić information content (AvgIpc) is 1.70. The number of hydrogen-bond donors (Lipinski definition) is 4. The quantitative estimate of drug-likeness (QED) is 0.0461. The maximum Gasteiger partial charge on any atom is 0.243 e. The molecule has 0 spiro atoms. The molecule has 22 nitrogen and oxygen atoms in total. The number of anilines is 2. The molecule has 0 radical (unpaired) electrons. The predicted molar refractivity (Wildman–Crippen MR) is 358 cm³/mol. The first-order chi connectivity index (χ1) is 44.6. The fourth-order valence-electron chi connectivity index (χ4n) is 13.1. The molecule has 4 aromatic heterocycles. The van der Waals surface area contributed by atoms with E-state index < -0.39 is 36.1 Å². The maximum atomic E-state index is 14.1. The van der Waals surface area contributed by atoms with Gasteiger partial charge in [0, 0.05) is 123 Å². The summed E-state index contributed by atoms with van der Waals surface area (Å²) in [5, 5.41) is 35.9. The lowest BCUT2D eigenvalue weighted by Crippen LogP contribution is -2.48. The normalized spacial score (nSPS) is 20.2. The van der Waals surface area contributed by atoms with E-state index in [4.69, 9.17) is 28.0 Å². The number of nitrogens with zero attached hydrogens (tertiary/aromatic N) is 8. The van der Waals surface area contributed by atoms with Gasteiger partial charge in [-0.15, -0.1) is 22.7 Å². The van der Waals surface area contributed by atoms with Crippen molar-refractivity contribution in [1.29, 1.82) is 0 Å². The van der Waals surface area contributed by atoms with Gasteiger partial charge in [0.25, 0.3) is 0 Å². The Morgan fingerprint density at radius 2 is 0.925 bits per heavy atom. The second-order valence-corrected chi connectivity index (χ2v) is 27.1. The molecule has 10 rings (SSSR count). The number of benzene rings is 2. The minimum atomic E-state index is -0.788. The van der Waals surface area contributed by atoms with Gasteiger partial charge in [0.15, 0.2) is 35.7 Å². The molecule has 26 heteroatoms. The Morgan fingerprint density at radius 3 is 1.22 bits per heavy atom. The number of rotatable bonds is 22. The van der Waals surface area contributed by atoms with Crippen LogP contribution in [0.1, 0.15) is 138 Å². The van der Waals surface area contributed by atoms with Gasteiger partial charge < -0.3 is 68.4 Å². The number of aryl methyl sites for hydroxylation is 2. The van der Waals surface area contributed by atoms with Crippen molar-refractivity contribution in [3.8, 4) is 20.9 Å². The molecule has 1 unspecified atom stereocenters. The van der Waals surface area contributed by atoms with Crippen molar-refractivity contribution in [2.45, 2.75) is 155 Å². The smallest absolute Gasteiger partial charge is 0.243 e. The second-order valence-electron chi connectivity index (χ2n) is 25.1. The van der Waals surface area contributed by atoms with E-state index in [2.05, 4.69) is 40.7 Å². The van der Waals surface area contributed by atoms with Gasteiger partial charge in [0.2, 0.25) is 23.6 Å². The SMILES string of the molecule is COC(OC)C1CCN(c2cc(C(C(=O)N3C[C@H](O)C[C@H]3C(=O)N[C@@H](C)c3ccc(-c4scnc4C)cc3)C(C)C)on2)CC1.COC(OC)C1CCN(c2cc([C@@H](C(=O)N3C[C@H](O)C[C@H]3C(=O)N[C@@H](C)c3ccc(-c4scnc4C)cc3)C(C)C)on2)CC1.CSF. The highest BCUT2D eigenvalue weighted by Gasteiger charge is 2.46. The van der Waals surface area contributed by atoms with Crippen LogP contribution in [0.3, 0.4) is 0 Å². The minimum Gasteiger partial charge on any atom is -0.391 e. The van der Waals surface area contributed by atoms with Gasteiger partial charge in [-0.25, -0.2) is 9.97 Å². The fourth-order valence-corrected chi connectivity index (χ4v) is 14.8. The molecule has 2 aromatic carbocycles. The van der Waals surface area contributed by atoms with Crippen LogP contribution in [0.2, 0.25) is 0 Å². The highest BCUT2D eigenvalue weighted by atomic mass is 32.2. The summed E-state index contributed by atoms with van der Waals surface area (Å²) >= 11 is 3.44. The third-order valence-electron chi connectivity index (χ3n) is 18.2. The number of ether oxygens (including phenoxy) is 4. The number of halogens is 1. The van der Waals surface area contributed by atoms with Crippen LogP contribution < -0.4 is 20.4 Å². The van der Waals surface area contributed by atoms with Crippen molar-refractivity contribution < 1.29 is 61.3 Å². The lowest BCUT2D eigenvalue weighted by atomic mass is 9.91.